The maximum Gasteiger partial charge on any atom is 0.241 e. The minimum atomic E-state index is -0.642. The molecule has 1 saturated heterocycles. The average Bonchev–Trinajstić information content (AvgIpc) is 2.51. The molecular weight excluding hydrogens is 230 g/mol. The molecule has 0 radical (unpaired) electrons. The molecule has 18 heavy (non-hydrogen) atoms. The number of carbonyl (C=O) groups is 2. The van der Waals surface area contributed by atoms with E-state index in [1.807, 2.05) is 18.7 Å². The highest BCUT2D eigenvalue weighted by Gasteiger charge is 2.32. The highest BCUT2D eigenvalue weighted by molar-refractivity contribution is 5.83. The minimum Gasteiger partial charge on any atom is -0.342 e. The number of nitrogens with two attached hydrogens (primary N) is 1. The van der Waals surface area contributed by atoms with Gasteiger partial charge in [-0.25, -0.2) is 5.84 Å². The molecule has 1 aliphatic heterocycles. The molecule has 0 bridgehead atoms. The van der Waals surface area contributed by atoms with Crippen LogP contribution >= 0.6 is 0 Å². The van der Waals surface area contributed by atoms with Gasteiger partial charge in [-0.05, 0) is 32.6 Å². The predicted octanol–water partition coefficient (Wildman–Crippen LogP) is 1.04. The van der Waals surface area contributed by atoms with E-state index in [9.17, 15) is 9.59 Å². The molecule has 104 valence electrons. The zero-order valence-electron chi connectivity index (χ0n) is 11.7. The molecule has 1 fully saturated rings. The molecule has 0 aromatic rings. The zero-order chi connectivity index (χ0) is 13.8. The van der Waals surface area contributed by atoms with Crippen molar-refractivity contribution in [1.82, 2.24) is 10.3 Å². The molecule has 0 aromatic heterocycles. The molecule has 0 spiro atoms. The Morgan fingerprint density at radius 3 is 2.72 bits per heavy atom. The van der Waals surface area contributed by atoms with E-state index in [0.717, 1.165) is 25.8 Å². The third-order valence-electron chi connectivity index (χ3n) is 3.84. The molecule has 0 saturated carbocycles. The Bertz CT molecular complexity index is 315. The lowest BCUT2D eigenvalue weighted by Gasteiger charge is -2.30. The summed E-state index contributed by atoms with van der Waals surface area (Å²) >= 11 is 0. The van der Waals surface area contributed by atoms with Gasteiger partial charge in [-0.1, -0.05) is 13.3 Å². The molecule has 2 amide bonds. The van der Waals surface area contributed by atoms with Crippen molar-refractivity contribution in [2.75, 3.05) is 13.1 Å². The lowest BCUT2D eigenvalue weighted by Crippen LogP contribution is -2.48. The Labute approximate surface area is 109 Å². The number of amides is 2. The van der Waals surface area contributed by atoms with Gasteiger partial charge in [0.15, 0.2) is 0 Å². The van der Waals surface area contributed by atoms with Gasteiger partial charge in [-0.15, -0.1) is 0 Å². The second kappa shape index (κ2) is 6.18. The monoisotopic (exact) mass is 255 g/mol. The first-order valence-corrected chi connectivity index (χ1v) is 6.69. The molecule has 5 nitrogen and oxygen atoms in total. The average molecular weight is 255 g/mol. The summed E-state index contributed by atoms with van der Waals surface area (Å²) in [5.74, 6) is 5.73. The topological polar surface area (TPSA) is 75.4 Å². The van der Waals surface area contributed by atoms with Crippen molar-refractivity contribution >= 4 is 11.8 Å². The first kappa shape index (κ1) is 15.0. The molecule has 0 aliphatic carbocycles. The molecule has 1 heterocycles. The Balaban J connectivity index is 2.65. The van der Waals surface area contributed by atoms with Crippen molar-refractivity contribution in [1.29, 1.82) is 0 Å². The van der Waals surface area contributed by atoms with Crippen LogP contribution in [-0.4, -0.2) is 29.8 Å². The van der Waals surface area contributed by atoms with Crippen LogP contribution in [0.15, 0.2) is 0 Å². The van der Waals surface area contributed by atoms with Crippen molar-refractivity contribution in [3.63, 3.8) is 0 Å². The van der Waals surface area contributed by atoms with Crippen molar-refractivity contribution in [3.8, 4) is 0 Å². The second-order valence-corrected chi connectivity index (χ2v) is 5.77. The fourth-order valence-electron chi connectivity index (χ4n) is 2.41. The fourth-order valence-corrected chi connectivity index (χ4v) is 2.41. The summed E-state index contributed by atoms with van der Waals surface area (Å²) in [6.07, 6.45) is 3.71. The summed E-state index contributed by atoms with van der Waals surface area (Å²) in [4.78, 5) is 25.5. The molecule has 0 aromatic carbocycles. The van der Waals surface area contributed by atoms with E-state index in [-0.39, 0.29) is 11.8 Å². The van der Waals surface area contributed by atoms with Gasteiger partial charge in [0, 0.05) is 19.5 Å². The molecule has 1 rings (SSSR count). The van der Waals surface area contributed by atoms with Gasteiger partial charge < -0.3 is 4.90 Å². The Hall–Kier alpha value is -1.10. The van der Waals surface area contributed by atoms with Crippen molar-refractivity contribution in [2.45, 2.75) is 46.5 Å². The van der Waals surface area contributed by atoms with Crippen LogP contribution < -0.4 is 11.3 Å². The fraction of sp³-hybridized carbons (Fsp3) is 0.846. The van der Waals surface area contributed by atoms with Gasteiger partial charge in [0.05, 0.1) is 5.41 Å². The summed E-state index contributed by atoms with van der Waals surface area (Å²) in [6, 6.07) is 0. The van der Waals surface area contributed by atoms with Crippen LogP contribution in [-0.2, 0) is 9.59 Å². The number of likely N-dealkylation sites (tertiary alicyclic amines) is 1. The van der Waals surface area contributed by atoms with Crippen molar-refractivity contribution < 1.29 is 9.59 Å². The van der Waals surface area contributed by atoms with Crippen LogP contribution in [0.25, 0.3) is 0 Å². The summed E-state index contributed by atoms with van der Waals surface area (Å²) in [6.45, 7) is 6.97. The highest BCUT2D eigenvalue weighted by Crippen LogP contribution is 2.24. The van der Waals surface area contributed by atoms with Gasteiger partial charge in [0.1, 0.15) is 0 Å². The normalized spacial score (nSPS) is 21.7. The van der Waals surface area contributed by atoms with Crippen LogP contribution in [0.2, 0.25) is 0 Å². The second-order valence-electron chi connectivity index (χ2n) is 5.77. The number of nitrogens with zero attached hydrogens (tertiary/aromatic N) is 1. The van der Waals surface area contributed by atoms with Gasteiger partial charge in [0.25, 0.3) is 0 Å². The van der Waals surface area contributed by atoms with E-state index < -0.39 is 5.41 Å². The lowest BCUT2D eigenvalue weighted by molar-refractivity contribution is -0.136. The van der Waals surface area contributed by atoms with Crippen molar-refractivity contribution in [3.05, 3.63) is 0 Å². The highest BCUT2D eigenvalue weighted by atomic mass is 16.2. The molecular formula is C13H25N3O2. The lowest BCUT2D eigenvalue weighted by atomic mass is 9.91. The molecule has 1 unspecified atom stereocenters. The molecule has 1 atom stereocenters. The number of hydrogen-bond donors (Lipinski definition) is 2. The van der Waals surface area contributed by atoms with Gasteiger partial charge >= 0.3 is 0 Å². The summed E-state index contributed by atoms with van der Waals surface area (Å²) in [5, 5.41) is 0. The maximum atomic E-state index is 12.0. The maximum absolute atomic E-state index is 12.0. The Kier molecular flexibility index (Phi) is 5.14. The van der Waals surface area contributed by atoms with E-state index in [0.29, 0.717) is 18.9 Å². The minimum absolute atomic E-state index is 0.156. The molecule has 5 heteroatoms. The van der Waals surface area contributed by atoms with E-state index in [2.05, 4.69) is 12.3 Å². The first-order chi connectivity index (χ1) is 8.40. The van der Waals surface area contributed by atoms with Crippen LogP contribution in [0.4, 0.5) is 0 Å². The smallest absolute Gasteiger partial charge is 0.241 e. The SMILES string of the molecule is CCC1CCC(=O)N(CC(C)(C)C(=O)NN)CC1. The number of hydrogen-bond acceptors (Lipinski definition) is 3. The summed E-state index contributed by atoms with van der Waals surface area (Å²) in [7, 11) is 0. The largest absolute Gasteiger partial charge is 0.342 e. The predicted molar refractivity (Wildman–Crippen MR) is 70.3 cm³/mol. The molecule has 1 aliphatic rings. The van der Waals surface area contributed by atoms with E-state index in [1.165, 1.54) is 0 Å². The van der Waals surface area contributed by atoms with Crippen LogP contribution in [0.5, 0.6) is 0 Å². The zero-order valence-corrected chi connectivity index (χ0v) is 11.7. The Morgan fingerprint density at radius 2 is 2.17 bits per heavy atom. The number of carbonyl (C=O) groups excluding carboxylic acids is 2. The van der Waals surface area contributed by atoms with Gasteiger partial charge in [-0.2, -0.15) is 0 Å². The first-order valence-electron chi connectivity index (χ1n) is 6.69. The van der Waals surface area contributed by atoms with E-state index >= 15 is 0 Å². The Morgan fingerprint density at radius 1 is 1.50 bits per heavy atom. The van der Waals surface area contributed by atoms with E-state index in [1.54, 1.807) is 0 Å². The van der Waals surface area contributed by atoms with Crippen LogP contribution in [0.3, 0.4) is 0 Å². The number of rotatable bonds is 4. The number of nitrogens with one attached hydrogen (secondary N) is 1. The van der Waals surface area contributed by atoms with Gasteiger partial charge in [0.2, 0.25) is 11.8 Å². The third-order valence-corrected chi connectivity index (χ3v) is 3.84. The van der Waals surface area contributed by atoms with Crippen LogP contribution in [0.1, 0.15) is 46.5 Å². The summed E-state index contributed by atoms with van der Waals surface area (Å²) in [5.41, 5.74) is 1.53. The standard InChI is InChI=1S/C13H25N3O2/c1-4-10-5-6-11(17)16(8-7-10)9-13(2,3)12(18)15-14/h10H,4-9,14H2,1-3H3,(H,15,18). The third kappa shape index (κ3) is 3.70. The molecule has 3 N–H and O–H groups in total. The van der Waals surface area contributed by atoms with E-state index in [4.69, 9.17) is 5.84 Å². The van der Waals surface area contributed by atoms with Crippen LogP contribution in [0, 0.1) is 11.3 Å². The number of hydrazine groups is 1. The summed E-state index contributed by atoms with van der Waals surface area (Å²) < 4.78 is 0. The quantitative estimate of drug-likeness (QED) is 0.448. The van der Waals surface area contributed by atoms with Crippen molar-refractivity contribution in [2.24, 2.45) is 17.2 Å². The van der Waals surface area contributed by atoms with Gasteiger partial charge in [-0.3, -0.25) is 15.0 Å².